The predicted octanol–water partition coefficient (Wildman–Crippen LogP) is 1.90. The van der Waals surface area contributed by atoms with Crippen LogP contribution >= 0.6 is 0 Å². The summed E-state index contributed by atoms with van der Waals surface area (Å²) in [5.74, 6) is 0.214. The van der Waals surface area contributed by atoms with Gasteiger partial charge in [-0.1, -0.05) is 6.07 Å². The molecule has 1 saturated heterocycles. The van der Waals surface area contributed by atoms with E-state index in [1.54, 1.807) is 7.11 Å². The third kappa shape index (κ3) is 3.08. The highest BCUT2D eigenvalue weighted by Gasteiger charge is 2.28. The molecule has 3 heterocycles. The molecular weight excluding hydrogens is 266 g/mol. The Balaban J connectivity index is 1.60. The number of pyridine rings is 1. The molecule has 3 rings (SSSR count). The second-order valence-electron chi connectivity index (χ2n) is 5.54. The third-order valence-electron chi connectivity index (χ3n) is 4.07. The summed E-state index contributed by atoms with van der Waals surface area (Å²) in [5, 5.41) is 0. The van der Waals surface area contributed by atoms with E-state index in [2.05, 4.69) is 4.98 Å². The number of rotatable bonds is 5. The minimum Gasteiger partial charge on any atom is -0.383 e. The number of carbonyl (C=O) groups excluding carboxylic acids is 1. The minimum absolute atomic E-state index is 0.214. The average Bonchev–Trinajstić information content (AvgIpc) is 3.11. The largest absolute Gasteiger partial charge is 0.383 e. The molecule has 0 unspecified atom stereocenters. The van der Waals surface area contributed by atoms with Crippen LogP contribution < -0.4 is 0 Å². The lowest BCUT2D eigenvalue weighted by atomic mass is 10.2. The van der Waals surface area contributed by atoms with Crippen molar-refractivity contribution >= 4 is 11.6 Å². The Morgan fingerprint density at radius 1 is 1.48 bits per heavy atom. The van der Waals surface area contributed by atoms with Gasteiger partial charge < -0.3 is 14.0 Å². The van der Waals surface area contributed by atoms with Crippen LogP contribution in [0.3, 0.4) is 0 Å². The lowest BCUT2D eigenvalue weighted by Crippen LogP contribution is -2.38. The van der Waals surface area contributed by atoms with E-state index in [0.717, 1.165) is 30.7 Å². The molecule has 1 atom stereocenters. The van der Waals surface area contributed by atoms with Crippen LogP contribution in [-0.4, -0.2) is 46.5 Å². The molecule has 1 aliphatic heterocycles. The fourth-order valence-electron chi connectivity index (χ4n) is 3.02. The number of amides is 1. The lowest BCUT2D eigenvalue weighted by Gasteiger charge is -2.24. The first-order chi connectivity index (χ1) is 10.3. The topological polar surface area (TPSA) is 46.8 Å². The van der Waals surface area contributed by atoms with Crippen molar-refractivity contribution in [1.82, 2.24) is 14.3 Å². The number of aromatic nitrogens is 2. The van der Waals surface area contributed by atoms with Crippen LogP contribution in [0.4, 0.5) is 0 Å². The van der Waals surface area contributed by atoms with Gasteiger partial charge in [-0.15, -0.1) is 0 Å². The second-order valence-corrected chi connectivity index (χ2v) is 5.54. The highest BCUT2D eigenvalue weighted by Crippen LogP contribution is 2.19. The van der Waals surface area contributed by atoms with Gasteiger partial charge in [-0.05, 0) is 31.4 Å². The molecule has 0 spiro atoms. The maximum absolute atomic E-state index is 12.4. The molecule has 0 saturated carbocycles. The van der Waals surface area contributed by atoms with Crippen LogP contribution in [0.2, 0.25) is 0 Å². The van der Waals surface area contributed by atoms with E-state index >= 15 is 0 Å². The zero-order valence-electron chi connectivity index (χ0n) is 12.4. The lowest BCUT2D eigenvalue weighted by molar-refractivity contribution is -0.132. The number of nitrogens with zero attached hydrogens (tertiary/aromatic N) is 3. The van der Waals surface area contributed by atoms with E-state index in [0.29, 0.717) is 19.4 Å². The number of ether oxygens (including phenoxy) is 1. The molecule has 1 aliphatic rings. The van der Waals surface area contributed by atoms with E-state index in [1.165, 1.54) is 0 Å². The molecule has 5 nitrogen and oxygen atoms in total. The Morgan fingerprint density at radius 3 is 3.19 bits per heavy atom. The number of methoxy groups -OCH3 is 1. The summed E-state index contributed by atoms with van der Waals surface area (Å²) in [6.45, 7) is 1.50. The Bertz CT molecular complexity index is 590. The summed E-state index contributed by atoms with van der Waals surface area (Å²) in [5.41, 5.74) is 1.90. The molecule has 0 bridgehead atoms. The third-order valence-corrected chi connectivity index (χ3v) is 4.07. The molecule has 2 aromatic rings. The Morgan fingerprint density at radius 2 is 2.38 bits per heavy atom. The van der Waals surface area contributed by atoms with Gasteiger partial charge in [0.2, 0.25) is 5.91 Å². The first-order valence-corrected chi connectivity index (χ1v) is 7.49. The molecule has 21 heavy (non-hydrogen) atoms. The van der Waals surface area contributed by atoms with Crippen molar-refractivity contribution in [2.24, 2.45) is 0 Å². The molecule has 1 fully saturated rings. The van der Waals surface area contributed by atoms with Gasteiger partial charge in [-0.3, -0.25) is 4.79 Å². The van der Waals surface area contributed by atoms with E-state index in [1.807, 2.05) is 39.9 Å². The quantitative estimate of drug-likeness (QED) is 0.844. The summed E-state index contributed by atoms with van der Waals surface area (Å²) >= 11 is 0. The SMILES string of the molecule is COC[C@H]1CCCN1C(=O)CCc1cn2ccccc2n1. The molecule has 112 valence electrons. The molecule has 0 N–H and O–H groups in total. The minimum atomic E-state index is 0.214. The molecule has 0 aromatic carbocycles. The molecule has 1 amide bonds. The molecule has 5 heteroatoms. The van der Waals surface area contributed by atoms with Gasteiger partial charge in [0.15, 0.2) is 0 Å². The van der Waals surface area contributed by atoms with Crippen LogP contribution in [0, 0.1) is 0 Å². The van der Waals surface area contributed by atoms with Crippen LogP contribution in [0.25, 0.3) is 5.65 Å². The van der Waals surface area contributed by atoms with Gasteiger partial charge in [-0.25, -0.2) is 4.98 Å². The van der Waals surface area contributed by atoms with Gasteiger partial charge >= 0.3 is 0 Å². The van der Waals surface area contributed by atoms with Gasteiger partial charge in [0.05, 0.1) is 18.3 Å². The van der Waals surface area contributed by atoms with Crippen molar-refractivity contribution in [2.45, 2.75) is 31.7 Å². The zero-order chi connectivity index (χ0) is 14.7. The van der Waals surface area contributed by atoms with Crippen molar-refractivity contribution < 1.29 is 9.53 Å². The standard InChI is InChI=1S/C16H21N3O2/c1-21-12-14-5-4-10-19(14)16(20)8-7-13-11-18-9-3-2-6-15(18)17-13/h2-3,6,9,11,14H,4-5,7-8,10,12H2,1H3/t14-/m1/s1. The maximum Gasteiger partial charge on any atom is 0.223 e. The maximum atomic E-state index is 12.4. The van der Waals surface area contributed by atoms with Gasteiger partial charge in [-0.2, -0.15) is 0 Å². The average molecular weight is 287 g/mol. The fraction of sp³-hybridized carbons (Fsp3) is 0.500. The summed E-state index contributed by atoms with van der Waals surface area (Å²) in [7, 11) is 1.69. The number of imidazole rings is 1. The van der Waals surface area contributed by atoms with Crippen LogP contribution in [0.5, 0.6) is 0 Å². The summed E-state index contributed by atoms with van der Waals surface area (Å²) in [4.78, 5) is 18.9. The highest BCUT2D eigenvalue weighted by molar-refractivity contribution is 5.77. The fourth-order valence-corrected chi connectivity index (χ4v) is 3.02. The first kappa shape index (κ1) is 14.1. The van der Waals surface area contributed by atoms with E-state index < -0.39 is 0 Å². The van der Waals surface area contributed by atoms with Gasteiger partial charge in [0, 0.05) is 32.5 Å². The number of aryl methyl sites for hydroxylation is 1. The first-order valence-electron chi connectivity index (χ1n) is 7.49. The van der Waals surface area contributed by atoms with Crippen molar-refractivity contribution in [2.75, 3.05) is 20.3 Å². The number of hydrogen-bond donors (Lipinski definition) is 0. The highest BCUT2D eigenvalue weighted by atomic mass is 16.5. The number of hydrogen-bond acceptors (Lipinski definition) is 3. The molecule has 2 aromatic heterocycles. The van der Waals surface area contributed by atoms with E-state index in [9.17, 15) is 4.79 Å². The predicted molar refractivity (Wildman–Crippen MR) is 80.1 cm³/mol. The molecule has 0 aliphatic carbocycles. The smallest absolute Gasteiger partial charge is 0.223 e. The Kier molecular flexibility index (Phi) is 4.20. The normalized spacial score (nSPS) is 18.5. The summed E-state index contributed by atoms with van der Waals surface area (Å²) in [6, 6.07) is 6.17. The van der Waals surface area contributed by atoms with Crippen LogP contribution in [-0.2, 0) is 16.0 Å². The van der Waals surface area contributed by atoms with Gasteiger partial charge in [0.25, 0.3) is 0 Å². The summed E-state index contributed by atoms with van der Waals surface area (Å²) in [6.07, 6.45) is 7.31. The van der Waals surface area contributed by atoms with Crippen molar-refractivity contribution in [3.8, 4) is 0 Å². The van der Waals surface area contributed by atoms with Crippen LogP contribution in [0.15, 0.2) is 30.6 Å². The number of carbonyl (C=O) groups is 1. The molecular formula is C16H21N3O2. The molecule has 0 radical (unpaired) electrons. The van der Waals surface area contributed by atoms with Crippen molar-refractivity contribution in [1.29, 1.82) is 0 Å². The van der Waals surface area contributed by atoms with Crippen molar-refractivity contribution in [3.63, 3.8) is 0 Å². The Hall–Kier alpha value is -1.88. The van der Waals surface area contributed by atoms with Crippen molar-refractivity contribution in [3.05, 3.63) is 36.3 Å². The van der Waals surface area contributed by atoms with Gasteiger partial charge in [0.1, 0.15) is 5.65 Å². The summed E-state index contributed by atoms with van der Waals surface area (Å²) < 4.78 is 7.19. The zero-order valence-corrected chi connectivity index (χ0v) is 12.4. The van der Waals surface area contributed by atoms with E-state index in [-0.39, 0.29) is 11.9 Å². The number of likely N-dealkylation sites (tertiary alicyclic amines) is 1. The number of fused-ring (bicyclic) bond motifs is 1. The monoisotopic (exact) mass is 287 g/mol. The Labute approximate surface area is 124 Å². The second kappa shape index (κ2) is 6.26. The van der Waals surface area contributed by atoms with Crippen LogP contribution in [0.1, 0.15) is 25.0 Å². The van der Waals surface area contributed by atoms with E-state index in [4.69, 9.17) is 4.74 Å².